The van der Waals surface area contributed by atoms with Crippen molar-refractivity contribution in [3.8, 4) is 0 Å². The van der Waals surface area contributed by atoms with Crippen LogP contribution in [0.1, 0.15) is 5.56 Å². The van der Waals surface area contributed by atoms with Crippen molar-refractivity contribution in [1.29, 1.82) is 0 Å². The Bertz CT molecular complexity index is 450. The molecule has 0 atom stereocenters. The van der Waals surface area contributed by atoms with Gasteiger partial charge < -0.3 is 11.1 Å². The number of carbonyl (C=O) groups excluding carboxylic acids is 1. The van der Waals surface area contributed by atoms with Gasteiger partial charge >= 0.3 is 0 Å². The van der Waals surface area contributed by atoms with Gasteiger partial charge in [-0.3, -0.25) is 4.79 Å². The maximum atomic E-state index is 12.7. The number of hydrogen-bond donors (Lipinski definition) is 2. The lowest BCUT2D eigenvalue weighted by molar-refractivity contribution is -0.115. The molecule has 0 aliphatic carbocycles. The summed E-state index contributed by atoms with van der Waals surface area (Å²) >= 11 is 0. The molecule has 0 unspecified atom stereocenters. The van der Waals surface area contributed by atoms with E-state index in [1.807, 2.05) is 0 Å². The average Bonchev–Trinajstić information content (AvgIpc) is 2.25. The summed E-state index contributed by atoms with van der Waals surface area (Å²) in [6.45, 7) is -0.186. The molecule has 0 heterocycles. The highest BCUT2D eigenvalue weighted by Gasteiger charge is 2.10. The number of nitrogens with one attached hydrogen (secondary N) is 1. The summed E-state index contributed by atoms with van der Waals surface area (Å²) in [7, 11) is 0. The molecule has 0 spiro atoms. The fourth-order valence-electron chi connectivity index (χ4n) is 1.04. The molecule has 0 fully saturated rings. The summed E-state index contributed by atoms with van der Waals surface area (Å²) in [5, 5.41) is 2.26. The molecular formula is C10H8F4N2O. The number of amides is 1. The molecule has 1 aromatic carbocycles. The second kappa shape index (κ2) is 5.33. The Labute approximate surface area is 93.9 Å². The van der Waals surface area contributed by atoms with Gasteiger partial charge in [0, 0.05) is 12.7 Å². The second-order valence-corrected chi connectivity index (χ2v) is 3.11. The first kappa shape index (κ1) is 13.0. The third kappa shape index (κ3) is 3.47. The maximum Gasteiger partial charge on any atom is 0.278 e. The predicted octanol–water partition coefficient (Wildman–Crippen LogP) is 1.49. The van der Waals surface area contributed by atoms with Crippen LogP contribution >= 0.6 is 0 Å². The highest BCUT2D eigenvalue weighted by atomic mass is 19.2. The van der Waals surface area contributed by atoms with Crippen molar-refractivity contribution < 1.29 is 22.4 Å². The van der Waals surface area contributed by atoms with Crippen LogP contribution in [0.3, 0.4) is 0 Å². The van der Waals surface area contributed by atoms with Crippen LogP contribution in [0.4, 0.5) is 17.6 Å². The molecule has 0 aliphatic rings. The number of rotatable bonds is 4. The van der Waals surface area contributed by atoms with E-state index in [0.29, 0.717) is 6.20 Å². The number of hydrogen-bond acceptors (Lipinski definition) is 2. The van der Waals surface area contributed by atoms with Crippen molar-refractivity contribution in [2.45, 2.75) is 6.54 Å². The highest BCUT2D eigenvalue weighted by molar-refractivity contribution is 5.89. The van der Waals surface area contributed by atoms with E-state index in [4.69, 9.17) is 0 Å². The maximum absolute atomic E-state index is 12.7. The monoisotopic (exact) mass is 248 g/mol. The van der Waals surface area contributed by atoms with Gasteiger partial charge in [-0.2, -0.15) is 4.39 Å². The standard InChI is InChI=1S/C10H8F4N2O/c11-6-1-5(2-7(12)9(6)14)3-16-4-8(13)10(15)17/h1-2,4,16H,3H2,(H2,15,17)/b8-4+. The molecule has 1 amide bonds. The summed E-state index contributed by atoms with van der Waals surface area (Å²) in [6.07, 6.45) is 0.654. The van der Waals surface area contributed by atoms with E-state index in [2.05, 4.69) is 11.1 Å². The minimum Gasteiger partial charge on any atom is -0.384 e. The van der Waals surface area contributed by atoms with Gasteiger partial charge in [0.05, 0.1) is 0 Å². The topological polar surface area (TPSA) is 55.1 Å². The highest BCUT2D eigenvalue weighted by Crippen LogP contribution is 2.13. The molecule has 3 N–H and O–H groups in total. The Hall–Kier alpha value is -2.05. The summed E-state index contributed by atoms with van der Waals surface area (Å²) in [4.78, 5) is 10.3. The third-order valence-corrected chi connectivity index (χ3v) is 1.81. The van der Waals surface area contributed by atoms with Crippen molar-refractivity contribution in [3.63, 3.8) is 0 Å². The average molecular weight is 248 g/mol. The Morgan fingerprint density at radius 2 is 1.82 bits per heavy atom. The number of primary amides is 1. The van der Waals surface area contributed by atoms with Gasteiger partial charge in [0.25, 0.3) is 5.91 Å². The van der Waals surface area contributed by atoms with Gasteiger partial charge in [-0.15, -0.1) is 0 Å². The van der Waals surface area contributed by atoms with Crippen LogP contribution in [-0.4, -0.2) is 5.91 Å². The zero-order valence-electron chi connectivity index (χ0n) is 8.44. The lowest BCUT2D eigenvalue weighted by atomic mass is 10.2. The molecule has 0 aromatic heterocycles. The van der Waals surface area contributed by atoms with Crippen LogP contribution in [0.5, 0.6) is 0 Å². The van der Waals surface area contributed by atoms with Crippen molar-refractivity contribution in [1.82, 2.24) is 5.32 Å². The van der Waals surface area contributed by atoms with E-state index in [0.717, 1.165) is 12.1 Å². The molecule has 7 heteroatoms. The van der Waals surface area contributed by atoms with E-state index in [9.17, 15) is 22.4 Å². The van der Waals surface area contributed by atoms with Crippen molar-refractivity contribution in [2.24, 2.45) is 5.73 Å². The number of nitrogens with two attached hydrogens (primary N) is 1. The molecule has 1 aromatic rings. The number of carbonyl (C=O) groups is 1. The first-order valence-electron chi connectivity index (χ1n) is 4.44. The van der Waals surface area contributed by atoms with Crippen molar-refractivity contribution in [3.05, 3.63) is 47.2 Å². The summed E-state index contributed by atoms with van der Waals surface area (Å²) < 4.78 is 50.6. The molecule has 0 bridgehead atoms. The van der Waals surface area contributed by atoms with Crippen LogP contribution in [0.2, 0.25) is 0 Å². The van der Waals surface area contributed by atoms with E-state index in [1.165, 1.54) is 0 Å². The Morgan fingerprint density at radius 1 is 1.29 bits per heavy atom. The van der Waals surface area contributed by atoms with Crippen LogP contribution in [0, 0.1) is 17.5 Å². The minimum atomic E-state index is -1.58. The number of benzene rings is 1. The SMILES string of the molecule is NC(=O)/C(F)=C\NCc1cc(F)c(F)c(F)c1. The van der Waals surface area contributed by atoms with Crippen LogP contribution in [0.25, 0.3) is 0 Å². The lowest BCUT2D eigenvalue weighted by Crippen LogP contribution is -2.14. The first-order chi connectivity index (χ1) is 7.91. The quantitative estimate of drug-likeness (QED) is 0.482. The molecule has 0 radical (unpaired) electrons. The summed E-state index contributed by atoms with van der Waals surface area (Å²) in [5.74, 6) is -6.77. The van der Waals surface area contributed by atoms with Crippen LogP contribution < -0.4 is 11.1 Å². The molecule has 0 aliphatic heterocycles. The van der Waals surface area contributed by atoms with Gasteiger partial charge in [-0.1, -0.05) is 0 Å². The molecular weight excluding hydrogens is 240 g/mol. The van der Waals surface area contributed by atoms with E-state index in [1.54, 1.807) is 0 Å². The molecule has 0 saturated carbocycles. The molecule has 0 saturated heterocycles. The first-order valence-corrected chi connectivity index (χ1v) is 4.44. The lowest BCUT2D eigenvalue weighted by Gasteiger charge is -2.03. The van der Waals surface area contributed by atoms with E-state index >= 15 is 0 Å². The fraction of sp³-hybridized carbons (Fsp3) is 0.100. The smallest absolute Gasteiger partial charge is 0.278 e. The molecule has 92 valence electrons. The van der Waals surface area contributed by atoms with E-state index < -0.39 is 29.2 Å². The fourth-order valence-corrected chi connectivity index (χ4v) is 1.04. The van der Waals surface area contributed by atoms with Gasteiger partial charge in [-0.05, 0) is 17.7 Å². The second-order valence-electron chi connectivity index (χ2n) is 3.11. The Morgan fingerprint density at radius 3 is 2.29 bits per heavy atom. The summed E-state index contributed by atoms with van der Waals surface area (Å²) in [5.41, 5.74) is 4.64. The van der Waals surface area contributed by atoms with Gasteiger partial charge in [0.15, 0.2) is 17.5 Å². The van der Waals surface area contributed by atoms with Gasteiger partial charge in [-0.25, -0.2) is 13.2 Å². The molecule has 3 nitrogen and oxygen atoms in total. The van der Waals surface area contributed by atoms with Crippen LogP contribution in [0.15, 0.2) is 24.2 Å². The molecule has 1 rings (SSSR count). The van der Waals surface area contributed by atoms with E-state index in [-0.39, 0.29) is 12.1 Å². The largest absolute Gasteiger partial charge is 0.384 e. The van der Waals surface area contributed by atoms with Gasteiger partial charge in [0.1, 0.15) is 0 Å². The third-order valence-electron chi connectivity index (χ3n) is 1.81. The zero-order valence-corrected chi connectivity index (χ0v) is 8.44. The Balaban J connectivity index is 2.71. The van der Waals surface area contributed by atoms with Crippen molar-refractivity contribution >= 4 is 5.91 Å². The number of halogens is 4. The Kier molecular flexibility index (Phi) is 4.08. The predicted molar refractivity (Wildman–Crippen MR) is 51.5 cm³/mol. The van der Waals surface area contributed by atoms with Crippen LogP contribution in [-0.2, 0) is 11.3 Å². The zero-order chi connectivity index (χ0) is 13.0. The molecule has 17 heavy (non-hydrogen) atoms. The minimum absolute atomic E-state index is 0.0509. The van der Waals surface area contributed by atoms with Crippen molar-refractivity contribution in [2.75, 3.05) is 0 Å². The summed E-state index contributed by atoms with van der Waals surface area (Å²) in [6, 6.07) is 1.50. The van der Waals surface area contributed by atoms with Gasteiger partial charge in [0.2, 0.25) is 5.83 Å². The normalized spacial score (nSPS) is 11.4.